The van der Waals surface area contributed by atoms with E-state index in [2.05, 4.69) is 10.6 Å². The summed E-state index contributed by atoms with van der Waals surface area (Å²) in [7, 11) is 3.05. The zero-order valence-corrected chi connectivity index (χ0v) is 15.6. The Morgan fingerprint density at radius 2 is 1.63 bits per heavy atom. The van der Waals surface area contributed by atoms with Crippen LogP contribution in [0.3, 0.4) is 0 Å². The standard InChI is InChI=1S/C20H23N3O4/c1-14-4-8-16(9-5-14)22-18(24)13-23(2)19(25)12-21-20(26)15-6-10-17(27-3)11-7-15/h4-11H,12-13H2,1-3H3,(H,21,26)(H,22,24). The van der Waals surface area contributed by atoms with Crippen molar-refractivity contribution in [2.45, 2.75) is 6.92 Å². The lowest BCUT2D eigenvalue weighted by Gasteiger charge is -2.17. The zero-order valence-electron chi connectivity index (χ0n) is 15.6. The number of aryl methyl sites for hydroxylation is 1. The highest BCUT2D eigenvalue weighted by Crippen LogP contribution is 2.11. The molecule has 0 unspecified atom stereocenters. The Balaban J connectivity index is 1.79. The van der Waals surface area contributed by atoms with E-state index in [1.165, 1.54) is 11.9 Å². The first-order valence-corrected chi connectivity index (χ1v) is 8.42. The van der Waals surface area contributed by atoms with Crippen molar-refractivity contribution in [2.75, 3.05) is 32.6 Å². The van der Waals surface area contributed by atoms with Gasteiger partial charge in [-0.05, 0) is 43.3 Å². The Hall–Kier alpha value is -3.35. The molecule has 0 aliphatic rings. The SMILES string of the molecule is COc1ccc(C(=O)NCC(=O)N(C)CC(=O)Nc2ccc(C)cc2)cc1. The number of carbonyl (C=O) groups is 3. The number of methoxy groups -OCH3 is 1. The normalized spacial score (nSPS) is 10.0. The van der Waals surface area contributed by atoms with Gasteiger partial charge in [0.05, 0.1) is 20.2 Å². The van der Waals surface area contributed by atoms with Crippen molar-refractivity contribution in [3.63, 3.8) is 0 Å². The third kappa shape index (κ3) is 6.14. The van der Waals surface area contributed by atoms with Crippen LogP contribution in [0.1, 0.15) is 15.9 Å². The van der Waals surface area contributed by atoms with Crippen LogP contribution < -0.4 is 15.4 Å². The number of likely N-dealkylation sites (N-methyl/N-ethyl adjacent to an activating group) is 1. The highest BCUT2D eigenvalue weighted by atomic mass is 16.5. The first-order chi connectivity index (χ1) is 12.9. The topological polar surface area (TPSA) is 87.7 Å². The monoisotopic (exact) mass is 369 g/mol. The minimum atomic E-state index is -0.372. The van der Waals surface area contributed by atoms with E-state index < -0.39 is 0 Å². The number of carbonyl (C=O) groups excluding carboxylic acids is 3. The van der Waals surface area contributed by atoms with Gasteiger partial charge in [-0.2, -0.15) is 0 Å². The summed E-state index contributed by atoms with van der Waals surface area (Å²) in [6, 6.07) is 13.9. The first kappa shape index (κ1) is 20.0. The van der Waals surface area contributed by atoms with Crippen LogP contribution in [0.2, 0.25) is 0 Å². The van der Waals surface area contributed by atoms with Crippen LogP contribution >= 0.6 is 0 Å². The molecule has 0 saturated heterocycles. The third-order valence-corrected chi connectivity index (χ3v) is 3.89. The molecule has 0 radical (unpaired) electrons. The maximum atomic E-state index is 12.1. The molecule has 3 amide bonds. The first-order valence-electron chi connectivity index (χ1n) is 8.42. The van der Waals surface area contributed by atoms with Crippen molar-refractivity contribution in [3.05, 3.63) is 59.7 Å². The molecule has 7 nitrogen and oxygen atoms in total. The Morgan fingerprint density at radius 1 is 1.00 bits per heavy atom. The lowest BCUT2D eigenvalue weighted by atomic mass is 10.2. The molecule has 0 saturated carbocycles. The average Bonchev–Trinajstić information content (AvgIpc) is 2.67. The molecule has 7 heteroatoms. The van der Waals surface area contributed by atoms with Gasteiger partial charge in [0.25, 0.3) is 5.91 Å². The van der Waals surface area contributed by atoms with Crippen LogP contribution in [-0.2, 0) is 9.59 Å². The van der Waals surface area contributed by atoms with Crippen LogP contribution in [0.4, 0.5) is 5.69 Å². The third-order valence-electron chi connectivity index (χ3n) is 3.89. The van der Waals surface area contributed by atoms with Crippen LogP contribution in [0, 0.1) is 6.92 Å². The second kappa shape index (κ2) is 9.38. The van der Waals surface area contributed by atoms with E-state index in [1.54, 1.807) is 43.5 Å². The Labute approximate surface area is 158 Å². The van der Waals surface area contributed by atoms with E-state index in [1.807, 2.05) is 19.1 Å². The van der Waals surface area contributed by atoms with Gasteiger partial charge in [0, 0.05) is 18.3 Å². The molecule has 2 rings (SSSR count). The molecule has 0 aromatic heterocycles. The molecule has 0 aliphatic heterocycles. The fourth-order valence-corrected chi connectivity index (χ4v) is 2.28. The molecule has 0 bridgehead atoms. The van der Waals surface area contributed by atoms with Gasteiger partial charge in [-0.15, -0.1) is 0 Å². The molecule has 0 heterocycles. The maximum Gasteiger partial charge on any atom is 0.251 e. The molecule has 142 valence electrons. The number of anilines is 1. The fourth-order valence-electron chi connectivity index (χ4n) is 2.28. The zero-order chi connectivity index (χ0) is 19.8. The quantitative estimate of drug-likeness (QED) is 0.779. The summed E-state index contributed by atoms with van der Waals surface area (Å²) in [6.45, 7) is 1.66. The molecule has 0 atom stereocenters. The minimum Gasteiger partial charge on any atom is -0.497 e. The highest BCUT2D eigenvalue weighted by molar-refractivity contribution is 5.98. The molecule has 0 spiro atoms. The summed E-state index contributed by atoms with van der Waals surface area (Å²) >= 11 is 0. The number of ether oxygens (including phenoxy) is 1. The van der Waals surface area contributed by atoms with Gasteiger partial charge in [0.15, 0.2) is 0 Å². The Kier molecular flexibility index (Phi) is 6.93. The lowest BCUT2D eigenvalue weighted by molar-refractivity contribution is -0.132. The summed E-state index contributed by atoms with van der Waals surface area (Å²) in [6.07, 6.45) is 0. The smallest absolute Gasteiger partial charge is 0.251 e. The van der Waals surface area contributed by atoms with Gasteiger partial charge >= 0.3 is 0 Å². The van der Waals surface area contributed by atoms with Gasteiger partial charge in [-0.25, -0.2) is 0 Å². The van der Waals surface area contributed by atoms with Crippen LogP contribution in [0.15, 0.2) is 48.5 Å². The lowest BCUT2D eigenvalue weighted by Crippen LogP contribution is -2.41. The molecule has 27 heavy (non-hydrogen) atoms. The Bertz CT molecular complexity index is 801. The number of nitrogens with one attached hydrogen (secondary N) is 2. The fraction of sp³-hybridized carbons (Fsp3) is 0.250. The van der Waals surface area contributed by atoms with Crippen molar-refractivity contribution in [2.24, 2.45) is 0 Å². The molecular weight excluding hydrogens is 346 g/mol. The minimum absolute atomic E-state index is 0.106. The van der Waals surface area contributed by atoms with Crippen LogP contribution in [0.5, 0.6) is 5.75 Å². The Morgan fingerprint density at radius 3 is 2.22 bits per heavy atom. The van der Waals surface area contributed by atoms with Crippen molar-refractivity contribution in [3.8, 4) is 5.75 Å². The van der Waals surface area contributed by atoms with Crippen molar-refractivity contribution in [1.82, 2.24) is 10.2 Å². The van der Waals surface area contributed by atoms with E-state index in [4.69, 9.17) is 4.74 Å². The summed E-state index contributed by atoms with van der Waals surface area (Å²) < 4.78 is 5.03. The summed E-state index contributed by atoms with van der Waals surface area (Å²) in [5.74, 6) is -0.405. The van der Waals surface area contributed by atoms with Crippen molar-refractivity contribution >= 4 is 23.4 Å². The molecule has 2 N–H and O–H groups in total. The number of benzene rings is 2. The van der Waals surface area contributed by atoms with E-state index in [0.29, 0.717) is 17.0 Å². The summed E-state index contributed by atoms with van der Waals surface area (Å²) in [5, 5.41) is 5.27. The second-order valence-corrected chi connectivity index (χ2v) is 6.08. The summed E-state index contributed by atoms with van der Waals surface area (Å²) in [4.78, 5) is 37.5. The maximum absolute atomic E-state index is 12.1. The van der Waals surface area contributed by atoms with Gasteiger partial charge in [0.2, 0.25) is 11.8 Å². The highest BCUT2D eigenvalue weighted by Gasteiger charge is 2.15. The second-order valence-electron chi connectivity index (χ2n) is 6.08. The molecule has 2 aromatic carbocycles. The molecular formula is C20H23N3O4. The van der Waals surface area contributed by atoms with E-state index in [-0.39, 0.29) is 30.8 Å². The molecule has 0 aliphatic carbocycles. The van der Waals surface area contributed by atoms with Crippen molar-refractivity contribution in [1.29, 1.82) is 0 Å². The van der Waals surface area contributed by atoms with Gasteiger partial charge < -0.3 is 20.3 Å². The summed E-state index contributed by atoms with van der Waals surface area (Å²) in [5.41, 5.74) is 2.18. The number of nitrogens with zero attached hydrogens (tertiary/aromatic N) is 1. The number of hydrogen-bond acceptors (Lipinski definition) is 4. The van der Waals surface area contributed by atoms with E-state index in [0.717, 1.165) is 5.56 Å². The van der Waals surface area contributed by atoms with Gasteiger partial charge in [-0.3, -0.25) is 14.4 Å². The number of rotatable bonds is 7. The van der Waals surface area contributed by atoms with Crippen LogP contribution in [0.25, 0.3) is 0 Å². The predicted molar refractivity (Wildman–Crippen MR) is 103 cm³/mol. The predicted octanol–water partition coefficient (Wildman–Crippen LogP) is 1.83. The van der Waals surface area contributed by atoms with Crippen LogP contribution in [-0.4, -0.2) is 49.9 Å². The number of hydrogen-bond donors (Lipinski definition) is 2. The molecule has 0 fully saturated rings. The van der Waals surface area contributed by atoms with E-state index in [9.17, 15) is 14.4 Å². The van der Waals surface area contributed by atoms with Gasteiger partial charge in [-0.1, -0.05) is 17.7 Å². The number of amides is 3. The van der Waals surface area contributed by atoms with Gasteiger partial charge in [0.1, 0.15) is 5.75 Å². The largest absolute Gasteiger partial charge is 0.497 e. The van der Waals surface area contributed by atoms with Crippen molar-refractivity contribution < 1.29 is 19.1 Å². The molecule has 2 aromatic rings. The van der Waals surface area contributed by atoms with E-state index >= 15 is 0 Å². The average molecular weight is 369 g/mol.